The van der Waals surface area contributed by atoms with Gasteiger partial charge in [0.05, 0.1) is 0 Å². The summed E-state index contributed by atoms with van der Waals surface area (Å²) in [5.41, 5.74) is 14.7. The van der Waals surface area contributed by atoms with Crippen LogP contribution in [0, 0.1) is 0 Å². The third kappa shape index (κ3) is 3.66. The van der Waals surface area contributed by atoms with Crippen LogP contribution in [0.5, 0.6) is 0 Å². The van der Waals surface area contributed by atoms with Crippen molar-refractivity contribution in [2.45, 2.75) is 31.3 Å². The fourth-order valence-corrected chi connectivity index (χ4v) is 2.32. The maximum Gasteiger partial charge on any atom is 0.0198 e. The van der Waals surface area contributed by atoms with Gasteiger partial charge in [-0.3, -0.25) is 0 Å². The van der Waals surface area contributed by atoms with Crippen LogP contribution < -0.4 is 11.5 Å². The Morgan fingerprint density at radius 1 is 0.789 bits per heavy atom. The van der Waals surface area contributed by atoms with E-state index in [1.165, 1.54) is 11.1 Å². The Morgan fingerprint density at radius 2 is 1.21 bits per heavy atom. The molecule has 0 radical (unpaired) electrons. The van der Waals surface area contributed by atoms with Crippen LogP contribution in [0.4, 0.5) is 0 Å². The average Bonchev–Trinajstić information content (AvgIpc) is 2.46. The van der Waals surface area contributed by atoms with Crippen LogP contribution in [-0.4, -0.2) is 12.1 Å². The molecule has 0 amide bonds. The first kappa shape index (κ1) is 13.8. The predicted molar refractivity (Wildman–Crippen MR) is 81.0 cm³/mol. The van der Waals surface area contributed by atoms with Crippen molar-refractivity contribution in [2.75, 3.05) is 0 Å². The molecule has 0 aliphatic carbocycles. The van der Waals surface area contributed by atoms with E-state index in [4.69, 9.17) is 11.5 Å². The molecule has 0 saturated carbocycles. The first-order chi connectivity index (χ1) is 9.18. The van der Waals surface area contributed by atoms with Gasteiger partial charge in [0.15, 0.2) is 0 Å². The zero-order valence-electron chi connectivity index (χ0n) is 11.4. The molecular weight excluding hydrogens is 232 g/mol. The fourth-order valence-electron chi connectivity index (χ4n) is 2.32. The van der Waals surface area contributed by atoms with Crippen molar-refractivity contribution in [2.24, 2.45) is 11.5 Å². The summed E-state index contributed by atoms with van der Waals surface area (Å²) in [5, 5.41) is 0. The van der Waals surface area contributed by atoms with Gasteiger partial charge in [0, 0.05) is 18.0 Å². The summed E-state index contributed by atoms with van der Waals surface area (Å²) < 4.78 is 0. The topological polar surface area (TPSA) is 52.0 Å². The molecule has 4 N–H and O–H groups in total. The number of benzene rings is 2. The molecule has 2 atom stereocenters. The molecule has 2 rings (SSSR count). The molecule has 100 valence electrons. The van der Waals surface area contributed by atoms with Crippen LogP contribution in [0.1, 0.15) is 30.4 Å². The molecule has 2 aromatic rings. The van der Waals surface area contributed by atoms with Gasteiger partial charge in [0.1, 0.15) is 0 Å². The minimum Gasteiger partial charge on any atom is -0.327 e. The lowest BCUT2D eigenvalue weighted by molar-refractivity contribution is 0.497. The molecule has 0 bridgehead atoms. The number of rotatable bonds is 5. The third-order valence-corrected chi connectivity index (χ3v) is 3.59. The predicted octanol–water partition coefficient (Wildman–Crippen LogP) is 2.88. The van der Waals surface area contributed by atoms with Gasteiger partial charge in [-0.2, -0.15) is 0 Å². The number of hydrogen-bond acceptors (Lipinski definition) is 2. The molecule has 2 unspecified atom stereocenters. The highest BCUT2D eigenvalue weighted by Gasteiger charge is 2.19. The van der Waals surface area contributed by atoms with Gasteiger partial charge in [0.25, 0.3) is 0 Å². The van der Waals surface area contributed by atoms with Gasteiger partial charge in [-0.1, -0.05) is 60.7 Å². The van der Waals surface area contributed by atoms with E-state index in [1.807, 2.05) is 19.1 Å². The van der Waals surface area contributed by atoms with Crippen molar-refractivity contribution in [1.82, 2.24) is 0 Å². The Labute approximate surface area is 115 Å². The van der Waals surface area contributed by atoms with Crippen molar-refractivity contribution in [3.05, 3.63) is 71.8 Å². The fraction of sp³-hybridized carbons (Fsp3) is 0.294. The maximum atomic E-state index is 6.17. The highest BCUT2D eigenvalue weighted by Crippen LogP contribution is 2.29. The summed E-state index contributed by atoms with van der Waals surface area (Å²) in [4.78, 5) is 0. The zero-order valence-corrected chi connectivity index (χ0v) is 11.4. The monoisotopic (exact) mass is 254 g/mol. The molecule has 2 aromatic carbocycles. The van der Waals surface area contributed by atoms with Crippen LogP contribution in [0.2, 0.25) is 0 Å². The number of nitrogens with two attached hydrogens (primary N) is 2. The molecule has 19 heavy (non-hydrogen) atoms. The van der Waals surface area contributed by atoms with Crippen molar-refractivity contribution in [1.29, 1.82) is 0 Å². The maximum absolute atomic E-state index is 6.17. The van der Waals surface area contributed by atoms with Crippen LogP contribution in [0.25, 0.3) is 0 Å². The average molecular weight is 254 g/mol. The highest BCUT2D eigenvalue weighted by molar-refractivity contribution is 5.32. The van der Waals surface area contributed by atoms with Crippen molar-refractivity contribution in [3.63, 3.8) is 0 Å². The molecule has 0 spiro atoms. The Balaban J connectivity index is 2.29. The highest BCUT2D eigenvalue weighted by atomic mass is 14.8. The van der Waals surface area contributed by atoms with Gasteiger partial charge in [-0.25, -0.2) is 0 Å². The molecule has 0 aromatic heterocycles. The van der Waals surface area contributed by atoms with E-state index >= 15 is 0 Å². The molecule has 0 heterocycles. The Bertz CT molecular complexity index is 440. The van der Waals surface area contributed by atoms with E-state index in [1.54, 1.807) is 0 Å². The molecule has 0 saturated heterocycles. The minimum atomic E-state index is 0.00501. The minimum absolute atomic E-state index is 0.00501. The standard InChI is InChI=1S/C17H22N2/c1-13(18)17(19)12-16(14-8-4-2-5-9-14)15-10-6-3-7-11-15/h2-11,13,16-17H,12,18-19H2,1H3. The van der Waals surface area contributed by atoms with Crippen molar-refractivity contribution < 1.29 is 0 Å². The quantitative estimate of drug-likeness (QED) is 0.862. The SMILES string of the molecule is CC(N)C(N)CC(c1ccccc1)c1ccccc1. The molecule has 0 aliphatic heterocycles. The van der Waals surface area contributed by atoms with Crippen molar-refractivity contribution >= 4 is 0 Å². The van der Waals surface area contributed by atoms with E-state index in [0.29, 0.717) is 5.92 Å². The van der Waals surface area contributed by atoms with E-state index in [2.05, 4.69) is 48.5 Å². The lowest BCUT2D eigenvalue weighted by atomic mass is 9.85. The zero-order chi connectivity index (χ0) is 13.7. The Morgan fingerprint density at radius 3 is 1.58 bits per heavy atom. The van der Waals surface area contributed by atoms with Gasteiger partial charge < -0.3 is 11.5 Å². The van der Waals surface area contributed by atoms with Crippen LogP contribution >= 0.6 is 0 Å². The van der Waals surface area contributed by atoms with E-state index < -0.39 is 0 Å². The van der Waals surface area contributed by atoms with Gasteiger partial charge in [0.2, 0.25) is 0 Å². The second-order valence-corrected chi connectivity index (χ2v) is 5.13. The summed E-state index contributed by atoms with van der Waals surface area (Å²) in [5.74, 6) is 0.309. The van der Waals surface area contributed by atoms with Crippen LogP contribution in [0.15, 0.2) is 60.7 Å². The summed E-state index contributed by atoms with van der Waals surface area (Å²) in [6.45, 7) is 1.97. The van der Waals surface area contributed by atoms with Crippen LogP contribution in [-0.2, 0) is 0 Å². The third-order valence-electron chi connectivity index (χ3n) is 3.59. The molecule has 2 heteroatoms. The molecule has 0 aliphatic rings. The second kappa shape index (κ2) is 6.50. The normalized spacial score (nSPS) is 14.3. The molecule has 0 fully saturated rings. The van der Waals surface area contributed by atoms with Gasteiger partial charge in [-0.15, -0.1) is 0 Å². The van der Waals surface area contributed by atoms with E-state index in [-0.39, 0.29) is 12.1 Å². The largest absolute Gasteiger partial charge is 0.327 e. The van der Waals surface area contributed by atoms with Gasteiger partial charge >= 0.3 is 0 Å². The lowest BCUT2D eigenvalue weighted by Gasteiger charge is -2.24. The first-order valence-corrected chi connectivity index (χ1v) is 6.79. The van der Waals surface area contributed by atoms with Crippen molar-refractivity contribution in [3.8, 4) is 0 Å². The summed E-state index contributed by atoms with van der Waals surface area (Å²) in [7, 11) is 0. The lowest BCUT2D eigenvalue weighted by Crippen LogP contribution is -2.40. The summed E-state index contributed by atoms with van der Waals surface area (Å²) >= 11 is 0. The smallest absolute Gasteiger partial charge is 0.0198 e. The molecule has 2 nitrogen and oxygen atoms in total. The summed E-state index contributed by atoms with van der Waals surface area (Å²) in [6.07, 6.45) is 0.867. The first-order valence-electron chi connectivity index (χ1n) is 6.79. The number of hydrogen-bond donors (Lipinski definition) is 2. The van der Waals surface area contributed by atoms with Crippen LogP contribution in [0.3, 0.4) is 0 Å². The Kier molecular flexibility index (Phi) is 4.72. The summed E-state index contributed by atoms with van der Waals surface area (Å²) in [6, 6.07) is 21.0. The molecular formula is C17H22N2. The van der Waals surface area contributed by atoms with E-state index in [9.17, 15) is 0 Å². The van der Waals surface area contributed by atoms with Gasteiger partial charge in [-0.05, 0) is 24.5 Å². The Hall–Kier alpha value is -1.64. The second-order valence-electron chi connectivity index (χ2n) is 5.13. The van der Waals surface area contributed by atoms with E-state index in [0.717, 1.165) is 6.42 Å².